The Morgan fingerprint density at radius 1 is 1.09 bits per heavy atom. The van der Waals surface area contributed by atoms with Crippen LogP contribution in [-0.4, -0.2) is 38.9 Å². The van der Waals surface area contributed by atoms with Crippen LogP contribution < -0.4 is 11.3 Å². The molecule has 4 rings (SSSR count). The summed E-state index contributed by atoms with van der Waals surface area (Å²) in [6.45, 7) is 6.53. The van der Waals surface area contributed by atoms with Crippen molar-refractivity contribution >= 4 is 28.2 Å². The number of hydrogen-bond donors (Lipinski definition) is 2. The lowest BCUT2D eigenvalue weighted by molar-refractivity contribution is 0.101. The van der Waals surface area contributed by atoms with Crippen LogP contribution in [0.25, 0.3) is 21.6 Å². The Morgan fingerprint density at radius 3 is 2.53 bits per heavy atom. The maximum atomic E-state index is 13.4. The zero-order valence-corrected chi connectivity index (χ0v) is 19.8. The van der Waals surface area contributed by atoms with E-state index in [-0.39, 0.29) is 11.4 Å². The molecule has 0 aliphatic carbocycles. The van der Waals surface area contributed by atoms with Gasteiger partial charge >= 0.3 is 0 Å². The molecule has 3 heterocycles. The minimum Gasteiger partial charge on any atom is -0.383 e. The number of unbranched alkanes of at least 4 members (excludes halogenated alkanes) is 2. The summed E-state index contributed by atoms with van der Waals surface area (Å²) in [5.41, 5.74) is 7.68. The van der Waals surface area contributed by atoms with Gasteiger partial charge in [-0.15, -0.1) is 11.3 Å². The lowest BCUT2D eigenvalue weighted by Crippen LogP contribution is -2.44. The van der Waals surface area contributed by atoms with Crippen molar-refractivity contribution in [2.24, 2.45) is 5.73 Å². The Labute approximate surface area is 193 Å². The van der Waals surface area contributed by atoms with Crippen molar-refractivity contribution in [3.8, 4) is 10.6 Å². The van der Waals surface area contributed by atoms with Gasteiger partial charge in [0.05, 0.1) is 20.8 Å². The number of nitrogens with one attached hydrogen (secondary N) is 1. The van der Waals surface area contributed by atoms with Crippen molar-refractivity contribution in [3.63, 3.8) is 0 Å². The fourth-order valence-corrected chi connectivity index (χ4v) is 5.69. The second-order valence-corrected chi connectivity index (χ2v) is 9.99. The number of nitrogen functional groups attached to an aromatic ring is 1. The van der Waals surface area contributed by atoms with E-state index in [4.69, 9.17) is 11.1 Å². The minimum atomic E-state index is -0.0704. The van der Waals surface area contributed by atoms with Gasteiger partial charge in [-0.3, -0.25) is 15.1 Å². The maximum absolute atomic E-state index is 13.4. The zero-order valence-electron chi connectivity index (χ0n) is 19.0. The number of para-hydroxylation sites is 2. The highest BCUT2D eigenvalue weighted by atomic mass is 32.1. The summed E-state index contributed by atoms with van der Waals surface area (Å²) in [6.07, 6.45) is 7.18. The Balaban J connectivity index is 1.49. The van der Waals surface area contributed by atoms with Crippen molar-refractivity contribution in [3.05, 3.63) is 51.6 Å². The van der Waals surface area contributed by atoms with Crippen LogP contribution in [0.15, 0.2) is 41.2 Å². The number of nitrogens with zero attached hydrogens (tertiary/aromatic N) is 3. The first-order valence-electron chi connectivity index (χ1n) is 11.7. The van der Waals surface area contributed by atoms with E-state index >= 15 is 0 Å². The standard InChI is InChI=1S/C25H33N5OS/c1-17-9-8-10-18(2)29(17)15-6-3-7-16-30-20-12-5-4-11-19(20)28-23(25(30)31)21-13-14-22(32-21)24(26)27/h4-5,11-14,17-18H,3,6-10,15-16H2,1-2H3,(H3,26,27)/t17-,18+. The molecule has 7 heteroatoms. The van der Waals surface area contributed by atoms with Gasteiger partial charge in [0.1, 0.15) is 11.5 Å². The molecule has 1 aliphatic rings. The fraction of sp³-hybridized carbons (Fsp3) is 0.480. The van der Waals surface area contributed by atoms with Crippen molar-refractivity contribution in [1.29, 1.82) is 5.41 Å². The molecule has 1 aromatic carbocycles. The normalized spacial score (nSPS) is 19.4. The molecular formula is C25H33N5OS. The van der Waals surface area contributed by atoms with E-state index in [1.165, 1.54) is 30.6 Å². The molecule has 1 fully saturated rings. The number of thiophene rings is 1. The van der Waals surface area contributed by atoms with Gasteiger partial charge in [-0.1, -0.05) is 25.0 Å². The number of aryl methyl sites for hydroxylation is 1. The number of aromatic nitrogens is 2. The minimum absolute atomic E-state index is 0.0136. The first kappa shape index (κ1) is 22.7. The molecule has 0 amide bonds. The maximum Gasteiger partial charge on any atom is 0.278 e. The summed E-state index contributed by atoms with van der Waals surface area (Å²) in [4.78, 5) is 22.1. The number of rotatable bonds is 8. The Hall–Kier alpha value is -2.51. The number of fused-ring (bicyclic) bond motifs is 1. The predicted molar refractivity (Wildman–Crippen MR) is 134 cm³/mol. The summed E-state index contributed by atoms with van der Waals surface area (Å²) in [7, 11) is 0. The Bertz CT molecular complexity index is 1140. The molecular weight excluding hydrogens is 418 g/mol. The lowest BCUT2D eigenvalue weighted by atomic mass is 9.97. The third kappa shape index (κ3) is 4.79. The van der Waals surface area contributed by atoms with E-state index in [9.17, 15) is 4.79 Å². The number of nitrogens with two attached hydrogens (primary N) is 1. The molecule has 0 unspecified atom stereocenters. The summed E-state index contributed by atoms with van der Waals surface area (Å²) < 4.78 is 1.87. The number of likely N-dealkylation sites (tertiary alicyclic amines) is 1. The molecule has 1 saturated heterocycles. The van der Waals surface area contributed by atoms with E-state index in [1.54, 1.807) is 6.07 Å². The zero-order chi connectivity index (χ0) is 22.7. The van der Waals surface area contributed by atoms with Gasteiger partial charge < -0.3 is 10.3 Å². The van der Waals surface area contributed by atoms with Crippen LogP contribution in [0.5, 0.6) is 0 Å². The monoisotopic (exact) mass is 451 g/mol. The number of hydrogen-bond acceptors (Lipinski definition) is 5. The lowest BCUT2D eigenvalue weighted by Gasteiger charge is -2.39. The second kappa shape index (κ2) is 9.96. The van der Waals surface area contributed by atoms with Gasteiger partial charge in [0.25, 0.3) is 5.56 Å². The van der Waals surface area contributed by atoms with Gasteiger partial charge in [-0.2, -0.15) is 0 Å². The van der Waals surface area contributed by atoms with Gasteiger partial charge in [-0.25, -0.2) is 4.98 Å². The first-order valence-corrected chi connectivity index (χ1v) is 12.5. The van der Waals surface area contributed by atoms with E-state index < -0.39 is 0 Å². The summed E-state index contributed by atoms with van der Waals surface area (Å²) in [6, 6.07) is 12.8. The van der Waals surface area contributed by atoms with E-state index in [0.717, 1.165) is 41.7 Å². The number of piperidine rings is 1. The summed E-state index contributed by atoms with van der Waals surface area (Å²) in [5.74, 6) is 0.0136. The number of amidine groups is 1. The molecule has 32 heavy (non-hydrogen) atoms. The molecule has 2 atom stereocenters. The molecule has 6 nitrogen and oxygen atoms in total. The second-order valence-electron chi connectivity index (χ2n) is 8.91. The van der Waals surface area contributed by atoms with Crippen LogP contribution in [0.3, 0.4) is 0 Å². The fourth-order valence-electron chi connectivity index (χ4n) is 4.84. The van der Waals surface area contributed by atoms with Crippen LogP contribution >= 0.6 is 11.3 Å². The smallest absolute Gasteiger partial charge is 0.278 e. The van der Waals surface area contributed by atoms with E-state index in [0.29, 0.717) is 29.2 Å². The molecule has 0 bridgehead atoms. The topological polar surface area (TPSA) is 88.0 Å². The quantitative estimate of drug-likeness (QED) is 0.291. The van der Waals surface area contributed by atoms with Crippen LogP contribution in [0.1, 0.15) is 57.2 Å². The average Bonchev–Trinajstić information content (AvgIpc) is 3.27. The molecule has 2 aromatic heterocycles. The highest BCUT2D eigenvalue weighted by Gasteiger charge is 2.23. The molecule has 0 spiro atoms. The molecule has 3 N–H and O–H groups in total. The van der Waals surface area contributed by atoms with Crippen LogP contribution in [0.2, 0.25) is 0 Å². The molecule has 170 valence electrons. The predicted octanol–water partition coefficient (Wildman–Crippen LogP) is 4.84. The van der Waals surface area contributed by atoms with Crippen molar-refractivity contribution in [1.82, 2.24) is 14.5 Å². The summed E-state index contributed by atoms with van der Waals surface area (Å²) >= 11 is 1.34. The van der Waals surface area contributed by atoms with E-state index in [1.807, 2.05) is 34.9 Å². The molecule has 0 radical (unpaired) electrons. The van der Waals surface area contributed by atoms with Crippen molar-refractivity contribution in [2.75, 3.05) is 6.54 Å². The molecule has 0 saturated carbocycles. The van der Waals surface area contributed by atoms with Crippen molar-refractivity contribution < 1.29 is 0 Å². The molecule has 3 aromatic rings. The van der Waals surface area contributed by atoms with Crippen LogP contribution in [-0.2, 0) is 6.54 Å². The van der Waals surface area contributed by atoms with Gasteiger partial charge in [0.2, 0.25) is 0 Å². The van der Waals surface area contributed by atoms with Gasteiger partial charge in [0, 0.05) is 18.6 Å². The average molecular weight is 452 g/mol. The van der Waals surface area contributed by atoms with E-state index in [2.05, 4.69) is 23.7 Å². The Morgan fingerprint density at radius 2 is 1.81 bits per heavy atom. The van der Waals surface area contributed by atoms with Crippen molar-refractivity contribution in [2.45, 2.75) is 71.0 Å². The third-order valence-electron chi connectivity index (χ3n) is 6.63. The van der Waals surface area contributed by atoms with Crippen LogP contribution in [0.4, 0.5) is 0 Å². The number of benzene rings is 1. The SMILES string of the molecule is C[C@@H]1CCC[C@H](C)N1CCCCCn1c(=O)c(-c2ccc(C(=N)N)s2)nc2ccccc21. The van der Waals surface area contributed by atoms with Crippen LogP contribution in [0, 0.1) is 5.41 Å². The highest BCUT2D eigenvalue weighted by Crippen LogP contribution is 2.26. The third-order valence-corrected chi connectivity index (χ3v) is 7.76. The first-order chi connectivity index (χ1) is 15.5. The van der Waals surface area contributed by atoms with Gasteiger partial charge in [-0.05, 0) is 70.3 Å². The molecule has 1 aliphatic heterocycles. The summed E-state index contributed by atoms with van der Waals surface area (Å²) in [5, 5.41) is 7.65. The largest absolute Gasteiger partial charge is 0.383 e. The highest BCUT2D eigenvalue weighted by molar-refractivity contribution is 7.17. The Kier molecular flexibility index (Phi) is 7.06. The van der Waals surface area contributed by atoms with Gasteiger partial charge in [0.15, 0.2) is 0 Å².